The third-order valence-electron chi connectivity index (χ3n) is 1.93. The Bertz CT molecular complexity index is 136. The monoisotopic (exact) mass is 143 g/mol. The first-order chi connectivity index (χ1) is 4.74. The van der Waals surface area contributed by atoms with Gasteiger partial charge in [0.15, 0.2) is 0 Å². The number of nitrogens with one attached hydrogen (secondary N) is 1. The van der Waals surface area contributed by atoms with E-state index in [1.807, 2.05) is 6.92 Å². The van der Waals surface area contributed by atoms with E-state index in [4.69, 9.17) is 5.11 Å². The summed E-state index contributed by atoms with van der Waals surface area (Å²) in [5.74, 6) is -0.155. The predicted octanol–water partition coefficient (Wildman–Crippen LogP) is -0.107. The van der Waals surface area contributed by atoms with E-state index in [-0.39, 0.29) is 24.5 Å². The molecule has 3 nitrogen and oxygen atoms in total. The number of aliphatic hydroxyl groups is 1. The summed E-state index contributed by atoms with van der Waals surface area (Å²) in [6.07, 6.45) is 1.81. The van der Waals surface area contributed by atoms with E-state index in [0.717, 1.165) is 12.8 Å². The van der Waals surface area contributed by atoms with Crippen LogP contribution in [0, 0.1) is 5.92 Å². The first kappa shape index (κ1) is 7.54. The molecule has 1 rings (SSSR count). The van der Waals surface area contributed by atoms with Crippen LogP contribution in [0.3, 0.4) is 0 Å². The van der Waals surface area contributed by atoms with Gasteiger partial charge in [0.1, 0.15) is 0 Å². The highest BCUT2D eigenvalue weighted by Gasteiger charge is 2.24. The fraction of sp³-hybridized carbons (Fsp3) is 0.857. The normalized spacial score (nSPS) is 33.6. The van der Waals surface area contributed by atoms with Crippen LogP contribution in [0.15, 0.2) is 0 Å². The van der Waals surface area contributed by atoms with Crippen molar-refractivity contribution in [2.45, 2.75) is 25.8 Å². The van der Waals surface area contributed by atoms with E-state index in [2.05, 4.69) is 5.32 Å². The van der Waals surface area contributed by atoms with Gasteiger partial charge in [0, 0.05) is 6.04 Å². The van der Waals surface area contributed by atoms with Crippen molar-refractivity contribution < 1.29 is 9.90 Å². The third kappa shape index (κ3) is 1.48. The minimum atomic E-state index is -0.156. The average molecular weight is 143 g/mol. The molecule has 1 saturated heterocycles. The number of piperidine rings is 1. The van der Waals surface area contributed by atoms with Crippen LogP contribution in [0.1, 0.15) is 19.8 Å². The Kier molecular flexibility index (Phi) is 2.27. The Hall–Kier alpha value is -0.570. The highest BCUT2D eigenvalue weighted by molar-refractivity contribution is 5.79. The van der Waals surface area contributed by atoms with Gasteiger partial charge in [-0.3, -0.25) is 4.79 Å². The first-order valence-electron chi connectivity index (χ1n) is 3.65. The second kappa shape index (κ2) is 3.01. The van der Waals surface area contributed by atoms with E-state index in [0.29, 0.717) is 0 Å². The lowest BCUT2D eigenvalue weighted by Crippen LogP contribution is -2.43. The van der Waals surface area contributed by atoms with Crippen molar-refractivity contribution in [2.24, 2.45) is 5.92 Å². The maximum absolute atomic E-state index is 11.0. The summed E-state index contributed by atoms with van der Waals surface area (Å²) < 4.78 is 0. The Morgan fingerprint density at radius 3 is 2.90 bits per heavy atom. The number of hydrogen-bond donors (Lipinski definition) is 2. The van der Waals surface area contributed by atoms with Gasteiger partial charge in [0.2, 0.25) is 5.91 Å². The number of hydrogen-bond acceptors (Lipinski definition) is 2. The SMILES string of the molecule is CC1CCC(CO)C(=O)N1. The standard InChI is InChI=1S/C7H13NO2/c1-5-2-3-6(4-9)7(10)8-5/h5-6,9H,2-4H2,1H3,(H,8,10). The molecule has 2 unspecified atom stereocenters. The summed E-state index contributed by atoms with van der Waals surface area (Å²) in [6, 6.07) is 0.287. The van der Waals surface area contributed by atoms with Crippen LogP contribution in [0.25, 0.3) is 0 Å². The van der Waals surface area contributed by atoms with Gasteiger partial charge in [-0.25, -0.2) is 0 Å². The largest absolute Gasteiger partial charge is 0.396 e. The zero-order chi connectivity index (χ0) is 7.56. The van der Waals surface area contributed by atoms with Gasteiger partial charge in [-0.1, -0.05) is 0 Å². The lowest BCUT2D eigenvalue weighted by atomic mass is 9.95. The quantitative estimate of drug-likeness (QED) is 0.538. The number of carbonyl (C=O) groups is 1. The molecule has 0 aromatic carbocycles. The zero-order valence-corrected chi connectivity index (χ0v) is 6.13. The topological polar surface area (TPSA) is 49.3 Å². The molecule has 1 fully saturated rings. The highest BCUT2D eigenvalue weighted by atomic mass is 16.3. The molecular formula is C7H13NO2. The Balaban J connectivity index is 2.43. The van der Waals surface area contributed by atoms with Crippen LogP contribution in [0.2, 0.25) is 0 Å². The Morgan fingerprint density at radius 2 is 2.40 bits per heavy atom. The van der Waals surface area contributed by atoms with Gasteiger partial charge in [0.05, 0.1) is 12.5 Å². The summed E-state index contributed by atoms with van der Waals surface area (Å²) >= 11 is 0. The van der Waals surface area contributed by atoms with Crippen molar-refractivity contribution in [3.63, 3.8) is 0 Å². The van der Waals surface area contributed by atoms with Crippen molar-refractivity contribution in [1.29, 1.82) is 0 Å². The molecule has 1 amide bonds. The molecule has 3 heteroatoms. The molecule has 1 heterocycles. The fourth-order valence-electron chi connectivity index (χ4n) is 1.19. The van der Waals surface area contributed by atoms with E-state index in [1.165, 1.54) is 0 Å². The maximum atomic E-state index is 11.0. The summed E-state index contributed by atoms with van der Waals surface area (Å²) in [4.78, 5) is 11.0. The maximum Gasteiger partial charge on any atom is 0.225 e. The van der Waals surface area contributed by atoms with E-state index in [1.54, 1.807) is 0 Å². The van der Waals surface area contributed by atoms with Crippen molar-refractivity contribution in [2.75, 3.05) is 6.61 Å². The Labute approximate surface area is 60.4 Å². The van der Waals surface area contributed by atoms with Crippen LogP contribution < -0.4 is 5.32 Å². The molecule has 58 valence electrons. The van der Waals surface area contributed by atoms with Crippen molar-refractivity contribution >= 4 is 5.91 Å². The molecule has 0 radical (unpaired) electrons. The van der Waals surface area contributed by atoms with Crippen LogP contribution in [0.5, 0.6) is 0 Å². The fourth-order valence-corrected chi connectivity index (χ4v) is 1.19. The highest BCUT2D eigenvalue weighted by Crippen LogP contribution is 2.13. The second-order valence-corrected chi connectivity index (χ2v) is 2.87. The van der Waals surface area contributed by atoms with Crippen LogP contribution >= 0.6 is 0 Å². The van der Waals surface area contributed by atoms with Gasteiger partial charge < -0.3 is 10.4 Å². The summed E-state index contributed by atoms with van der Waals surface area (Å²) in [7, 11) is 0. The van der Waals surface area contributed by atoms with Gasteiger partial charge in [-0.2, -0.15) is 0 Å². The lowest BCUT2D eigenvalue weighted by Gasteiger charge is -2.25. The van der Waals surface area contributed by atoms with Crippen molar-refractivity contribution in [1.82, 2.24) is 5.32 Å². The van der Waals surface area contributed by atoms with Crippen molar-refractivity contribution in [3.05, 3.63) is 0 Å². The summed E-state index contributed by atoms with van der Waals surface area (Å²) in [6.45, 7) is 1.96. The van der Waals surface area contributed by atoms with Gasteiger partial charge >= 0.3 is 0 Å². The summed E-state index contributed by atoms with van der Waals surface area (Å²) in [5, 5.41) is 11.5. The number of amides is 1. The molecule has 2 N–H and O–H groups in total. The number of rotatable bonds is 1. The van der Waals surface area contributed by atoms with Gasteiger partial charge in [-0.15, -0.1) is 0 Å². The summed E-state index contributed by atoms with van der Waals surface area (Å²) in [5.41, 5.74) is 0. The molecule has 0 aliphatic carbocycles. The van der Waals surface area contributed by atoms with Gasteiger partial charge in [0.25, 0.3) is 0 Å². The lowest BCUT2D eigenvalue weighted by molar-refractivity contribution is -0.128. The Morgan fingerprint density at radius 1 is 1.70 bits per heavy atom. The second-order valence-electron chi connectivity index (χ2n) is 2.87. The molecule has 0 bridgehead atoms. The van der Waals surface area contributed by atoms with Crippen LogP contribution in [0.4, 0.5) is 0 Å². The number of aliphatic hydroxyl groups excluding tert-OH is 1. The van der Waals surface area contributed by atoms with Crippen LogP contribution in [-0.2, 0) is 4.79 Å². The minimum Gasteiger partial charge on any atom is -0.396 e. The molecule has 0 saturated carbocycles. The smallest absolute Gasteiger partial charge is 0.225 e. The molecular weight excluding hydrogens is 130 g/mol. The molecule has 2 atom stereocenters. The molecule has 1 aliphatic rings. The molecule has 0 aromatic heterocycles. The first-order valence-corrected chi connectivity index (χ1v) is 3.65. The zero-order valence-electron chi connectivity index (χ0n) is 6.13. The van der Waals surface area contributed by atoms with E-state index in [9.17, 15) is 4.79 Å². The minimum absolute atomic E-state index is 0.00116. The molecule has 10 heavy (non-hydrogen) atoms. The molecule has 0 spiro atoms. The van der Waals surface area contributed by atoms with E-state index >= 15 is 0 Å². The third-order valence-corrected chi connectivity index (χ3v) is 1.93. The van der Waals surface area contributed by atoms with Crippen molar-refractivity contribution in [3.8, 4) is 0 Å². The predicted molar refractivity (Wildman–Crippen MR) is 37.4 cm³/mol. The molecule has 1 aliphatic heterocycles. The number of carbonyl (C=O) groups excluding carboxylic acids is 1. The van der Waals surface area contributed by atoms with E-state index < -0.39 is 0 Å². The van der Waals surface area contributed by atoms with Crippen LogP contribution in [-0.4, -0.2) is 23.7 Å². The molecule has 0 aromatic rings. The average Bonchev–Trinajstić information content (AvgIpc) is 1.88. The van der Waals surface area contributed by atoms with Gasteiger partial charge in [-0.05, 0) is 19.8 Å².